The zero-order valence-electron chi connectivity index (χ0n) is 17.3. The predicted molar refractivity (Wildman–Crippen MR) is 115 cm³/mol. The van der Waals surface area contributed by atoms with Crippen LogP contribution in [0.4, 0.5) is 10.2 Å². The highest BCUT2D eigenvalue weighted by Crippen LogP contribution is 2.29. The molecule has 1 saturated carbocycles. The summed E-state index contributed by atoms with van der Waals surface area (Å²) < 4.78 is 15.8. The summed E-state index contributed by atoms with van der Waals surface area (Å²) in [6.45, 7) is 4.81. The first-order valence-corrected chi connectivity index (χ1v) is 10.4. The molecular formula is C23H26FN5O. The topological polar surface area (TPSA) is 89.9 Å². The Hall–Kier alpha value is -2.98. The Kier molecular flexibility index (Phi) is 5.44. The Morgan fingerprint density at radius 2 is 1.97 bits per heavy atom. The average Bonchev–Trinajstić information content (AvgIpc) is 3.06. The molecular weight excluding hydrogens is 381 g/mol. The summed E-state index contributed by atoms with van der Waals surface area (Å²) in [7, 11) is 0. The maximum Gasteiger partial charge on any atom is 0.209 e. The van der Waals surface area contributed by atoms with Gasteiger partial charge in [0.2, 0.25) is 5.82 Å². The van der Waals surface area contributed by atoms with E-state index in [1.54, 1.807) is 6.07 Å². The zero-order valence-corrected chi connectivity index (χ0v) is 17.3. The molecule has 1 aliphatic carbocycles. The van der Waals surface area contributed by atoms with Crippen molar-refractivity contribution in [3.63, 3.8) is 0 Å². The molecule has 30 heavy (non-hydrogen) atoms. The van der Waals surface area contributed by atoms with Gasteiger partial charge in [0.15, 0.2) is 17.0 Å². The van der Waals surface area contributed by atoms with Gasteiger partial charge in [-0.05, 0) is 49.7 Å². The lowest BCUT2D eigenvalue weighted by atomic mass is 9.85. The molecule has 3 aromatic rings. The van der Waals surface area contributed by atoms with Gasteiger partial charge in [-0.3, -0.25) is 0 Å². The zero-order chi connectivity index (χ0) is 21.3. The molecule has 4 rings (SSSR count). The van der Waals surface area contributed by atoms with Gasteiger partial charge in [0.05, 0.1) is 0 Å². The van der Waals surface area contributed by atoms with Gasteiger partial charge in [-0.25, -0.2) is 19.3 Å². The molecule has 6 nitrogen and oxygen atoms in total. The highest BCUT2D eigenvalue weighted by molar-refractivity contribution is 5.85. The second kappa shape index (κ2) is 8.04. The molecule has 1 aromatic carbocycles. The number of hydrogen-bond acceptors (Lipinski definition) is 5. The van der Waals surface area contributed by atoms with E-state index in [0.29, 0.717) is 47.9 Å². The first kappa shape index (κ1) is 20.3. The van der Waals surface area contributed by atoms with E-state index in [1.165, 1.54) is 12.1 Å². The highest BCUT2D eigenvalue weighted by atomic mass is 19.1. The van der Waals surface area contributed by atoms with Crippen molar-refractivity contribution in [2.24, 2.45) is 5.92 Å². The quantitative estimate of drug-likeness (QED) is 0.643. The van der Waals surface area contributed by atoms with Crippen LogP contribution < -0.4 is 5.73 Å². The van der Waals surface area contributed by atoms with Gasteiger partial charge in [-0.15, -0.1) is 0 Å². The van der Waals surface area contributed by atoms with Gasteiger partial charge in [0.1, 0.15) is 17.2 Å². The minimum atomic E-state index is -0.990. The SMILES string of the molecule is CC(C)Cn1c(-c2cccc(F)c2)nc2c(N)nc(C#CC3(O)CCCCC3)nc21. The van der Waals surface area contributed by atoms with Crippen LogP contribution in [0, 0.1) is 23.6 Å². The molecule has 0 spiro atoms. The first-order chi connectivity index (χ1) is 14.3. The lowest BCUT2D eigenvalue weighted by Gasteiger charge is -2.26. The number of halogens is 1. The maximum absolute atomic E-state index is 13.8. The molecule has 2 aromatic heterocycles. The molecule has 3 N–H and O–H groups in total. The molecule has 156 valence electrons. The van der Waals surface area contributed by atoms with E-state index in [1.807, 2.05) is 10.6 Å². The van der Waals surface area contributed by atoms with Gasteiger partial charge in [-0.2, -0.15) is 0 Å². The van der Waals surface area contributed by atoms with E-state index in [9.17, 15) is 9.50 Å². The lowest BCUT2D eigenvalue weighted by Crippen LogP contribution is -2.29. The highest BCUT2D eigenvalue weighted by Gasteiger charge is 2.27. The Balaban J connectivity index is 1.83. The van der Waals surface area contributed by atoms with Crippen molar-refractivity contribution in [1.29, 1.82) is 0 Å². The van der Waals surface area contributed by atoms with Gasteiger partial charge in [0, 0.05) is 12.1 Å². The van der Waals surface area contributed by atoms with Crippen LogP contribution in [0.15, 0.2) is 24.3 Å². The number of hydrogen-bond donors (Lipinski definition) is 2. The maximum atomic E-state index is 13.8. The van der Waals surface area contributed by atoms with E-state index in [4.69, 9.17) is 5.73 Å². The molecule has 0 saturated heterocycles. The van der Waals surface area contributed by atoms with Crippen LogP contribution in [0.25, 0.3) is 22.6 Å². The number of anilines is 1. The normalized spacial score (nSPS) is 15.9. The fraction of sp³-hybridized carbons (Fsp3) is 0.435. The minimum Gasteiger partial charge on any atom is -0.382 e. The van der Waals surface area contributed by atoms with Crippen LogP contribution >= 0.6 is 0 Å². The van der Waals surface area contributed by atoms with Crippen LogP contribution in [-0.4, -0.2) is 30.2 Å². The van der Waals surface area contributed by atoms with Crippen LogP contribution in [0.1, 0.15) is 51.8 Å². The fourth-order valence-corrected chi connectivity index (χ4v) is 3.90. The number of rotatable bonds is 3. The van der Waals surface area contributed by atoms with Gasteiger partial charge < -0.3 is 15.4 Å². The lowest BCUT2D eigenvalue weighted by molar-refractivity contribution is 0.0610. The van der Waals surface area contributed by atoms with Gasteiger partial charge in [0.25, 0.3) is 0 Å². The molecule has 0 atom stereocenters. The van der Waals surface area contributed by atoms with Crippen molar-refractivity contribution >= 4 is 17.0 Å². The van der Waals surface area contributed by atoms with Gasteiger partial charge in [-0.1, -0.05) is 38.3 Å². The van der Waals surface area contributed by atoms with E-state index in [0.717, 1.165) is 19.3 Å². The fourth-order valence-electron chi connectivity index (χ4n) is 3.90. The molecule has 0 unspecified atom stereocenters. The molecule has 0 amide bonds. The average molecular weight is 407 g/mol. The van der Waals surface area contributed by atoms with Crippen molar-refractivity contribution in [2.45, 2.75) is 58.1 Å². The van der Waals surface area contributed by atoms with Crippen LogP contribution in [-0.2, 0) is 6.54 Å². The Labute approximate surface area is 175 Å². The van der Waals surface area contributed by atoms with Crippen molar-refractivity contribution in [3.8, 4) is 23.2 Å². The van der Waals surface area contributed by atoms with Crippen molar-refractivity contribution in [1.82, 2.24) is 19.5 Å². The summed E-state index contributed by atoms with van der Waals surface area (Å²) in [6.07, 6.45) is 4.37. The number of nitrogens with two attached hydrogens (primary N) is 1. The van der Waals surface area contributed by atoms with E-state index in [2.05, 4.69) is 40.6 Å². The van der Waals surface area contributed by atoms with E-state index in [-0.39, 0.29) is 17.5 Å². The van der Waals surface area contributed by atoms with Gasteiger partial charge >= 0.3 is 0 Å². The third kappa shape index (κ3) is 4.14. The standard InChI is InChI=1S/C23H26FN5O/c1-15(2)14-29-21(16-7-6-8-17(24)13-16)28-19-20(25)26-18(27-22(19)29)9-12-23(30)10-4-3-5-11-23/h6-8,13,15,30H,3-5,10-11,14H2,1-2H3,(H2,25,26,27). The van der Waals surface area contributed by atoms with E-state index < -0.39 is 5.60 Å². The third-order valence-corrected chi connectivity index (χ3v) is 5.34. The summed E-state index contributed by atoms with van der Waals surface area (Å²) in [5.74, 6) is 6.93. The van der Waals surface area contributed by atoms with E-state index >= 15 is 0 Å². The Morgan fingerprint density at radius 3 is 2.67 bits per heavy atom. The number of aliphatic hydroxyl groups is 1. The second-order valence-electron chi connectivity index (χ2n) is 8.40. The number of benzene rings is 1. The first-order valence-electron chi connectivity index (χ1n) is 10.4. The van der Waals surface area contributed by atoms with Crippen molar-refractivity contribution < 1.29 is 9.50 Å². The number of nitrogen functional groups attached to an aromatic ring is 1. The van der Waals surface area contributed by atoms with Crippen LogP contribution in [0.3, 0.4) is 0 Å². The number of aromatic nitrogens is 4. The molecule has 2 heterocycles. The summed E-state index contributed by atoms with van der Waals surface area (Å²) in [4.78, 5) is 13.5. The summed E-state index contributed by atoms with van der Waals surface area (Å²) in [6, 6.07) is 6.31. The predicted octanol–water partition coefficient (Wildman–Crippen LogP) is 3.92. The Bertz CT molecular complexity index is 1140. The van der Waals surface area contributed by atoms with Crippen molar-refractivity contribution in [2.75, 3.05) is 5.73 Å². The summed E-state index contributed by atoms with van der Waals surface area (Å²) in [5, 5.41) is 10.7. The van der Waals surface area contributed by atoms with Crippen LogP contribution in [0.2, 0.25) is 0 Å². The molecule has 7 heteroatoms. The Morgan fingerprint density at radius 1 is 1.20 bits per heavy atom. The molecule has 0 aliphatic heterocycles. The molecule has 1 fully saturated rings. The second-order valence-corrected chi connectivity index (χ2v) is 8.40. The molecule has 0 bridgehead atoms. The molecule has 1 aliphatic rings. The number of imidazole rings is 1. The van der Waals surface area contributed by atoms with Crippen molar-refractivity contribution in [3.05, 3.63) is 35.9 Å². The summed E-state index contributed by atoms with van der Waals surface area (Å²) in [5.41, 5.74) is 6.88. The summed E-state index contributed by atoms with van der Waals surface area (Å²) >= 11 is 0. The molecule has 0 radical (unpaired) electrons. The minimum absolute atomic E-state index is 0.222. The smallest absolute Gasteiger partial charge is 0.209 e. The monoisotopic (exact) mass is 407 g/mol. The number of fused-ring (bicyclic) bond motifs is 1. The number of nitrogens with zero attached hydrogens (tertiary/aromatic N) is 4. The third-order valence-electron chi connectivity index (χ3n) is 5.34. The van der Waals surface area contributed by atoms with Crippen LogP contribution in [0.5, 0.6) is 0 Å². The largest absolute Gasteiger partial charge is 0.382 e.